The first-order chi connectivity index (χ1) is 17.9. The van der Waals surface area contributed by atoms with E-state index in [2.05, 4.69) is 0 Å². The summed E-state index contributed by atoms with van der Waals surface area (Å²) < 4.78 is 28.7. The highest BCUT2D eigenvalue weighted by Gasteiger charge is 2.61. The molecule has 2 aromatic carbocycles. The van der Waals surface area contributed by atoms with Crippen LogP contribution in [0.3, 0.4) is 0 Å². The molecule has 2 aromatic rings. The zero-order valence-electron chi connectivity index (χ0n) is 21.9. The molecule has 2 fully saturated rings. The van der Waals surface area contributed by atoms with Crippen molar-refractivity contribution in [3.8, 4) is 28.7 Å². The second-order valence-electron chi connectivity index (χ2n) is 9.58. The van der Waals surface area contributed by atoms with Crippen molar-refractivity contribution in [2.45, 2.75) is 37.3 Å². The van der Waals surface area contributed by atoms with E-state index in [-0.39, 0.29) is 23.5 Å². The molecule has 1 saturated heterocycles. The van der Waals surface area contributed by atoms with Gasteiger partial charge in [-0.25, -0.2) is 0 Å². The number of likely N-dealkylation sites (tertiary alicyclic amines) is 1. The first-order valence-electron chi connectivity index (χ1n) is 12.5. The number of aliphatic hydroxyl groups excluding tert-OH is 1. The van der Waals surface area contributed by atoms with Gasteiger partial charge >= 0.3 is 0 Å². The zero-order valence-corrected chi connectivity index (χ0v) is 21.9. The Kier molecular flexibility index (Phi) is 6.43. The van der Waals surface area contributed by atoms with E-state index >= 15 is 0 Å². The molecular formula is C29H33NO7. The van der Waals surface area contributed by atoms with Crippen LogP contribution in [0.4, 0.5) is 0 Å². The van der Waals surface area contributed by atoms with Gasteiger partial charge in [-0.15, -0.1) is 0 Å². The van der Waals surface area contributed by atoms with Crippen molar-refractivity contribution in [3.63, 3.8) is 0 Å². The lowest BCUT2D eigenvalue weighted by Gasteiger charge is -2.58. The van der Waals surface area contributed by atoms with Crippen molar-refractivity contribution in [2.24, 2.45) is 5.92 Å². The number of amides is 1. The number of aliphatic hydroxyl groups is 1. The lowest BCUT2D eigenvalue weighted by Crippen LogP contribution is -2.67. The van der Waals surface area contributed by atoms with Crippen molar-refractivity contribution in [3.05, 3.63) is 58.9 Å². The molecule has 3 unspecified atom stereocenters. The standard InChI is InChI=1S/C29H33NO7/c1-30-28(32)24(20(31)14-12-17-13-15-22(34-3)27(36-5)25(17)35-4)23-18-9-8-11-21(33-2)26(18)37-29(30)16-7-6-10-19(23)29/h8-9,11-15,19,23,31H,6-7,10,16H2,1-5H3. The third kappa shape index (κ3) is 3.69. The Balaban J connectivity index is 1.66. The summed E-state index contributed by atoms with van der Waals surface area (Å²) in [6, 6.07) is 9.31. The van der Waals surface area contributed by atoms with Gasteiger partial charge in [0.1, 0.15) is 5.76 Å². The maximum absolute atomic E-state index is 13.8. The smallest absolute Gasteiger partial charge is 0.256 e. The Morgan fingerprint density at radius 3 is 2.49 bits per heavy atom. The number of likely N-dealkylation sites (N-methyl/N-ethyl adjacent to an activating group) is 1. The molecule has 2 heterocycles. The van der Waals surface area contributed by atoms with E-state index in [1.165, 1.54) is 7.11 Å². The van der Waals surface area contributed by atoms with Crippen LogP contribution in [0, 0.1) is 5.92 Å². The van der Waals surface area contributed by atoms with Crippen LogP contribution >= 0.6 is 0 Å². The van der Waals surface area contributed by atoms with Crippen LogP contribution in [-0.2, 0) is 4.79 Å². The molecule has 8 nitrogen and oxygen atoms in total. The van der Waals surface area contributed by atoms with Gasteiger partial charge in [0.05, 0.1) is 34.0 Å². The fraction of sp³-hybridized carbons (Fsp3) is 0.414. The number of nitrogens with zero attached hydrogens (tertiary/aromatic N) is 1. The first kappa shape index (κ1) is 24.9. The molecule has 37 heavy (non-hydrogen) atoms. The van der Waals surface area contributed by atoms with Crippen molar-refractivity contribution in [1.82, 2.24) is 4.90 Å². The topological polar surface area (TPSA) is 86.7 Å². The molecule has 1 aliphatic carbocycles. The molecular weight excluding hydrogens is 474 g/mol. The molecule has 1 N–H and O–H groups in total. The van der Waals surface area contributed by atoms with Crippen molar-refractivity contribution in [1.29, 1.82) is 0 Å². The number of benzene rings is 2. The Morgan fingerprint density at radius 2 is 1.78 bits per heavy atom. The molecule has 0 spiro atoms. The highest BCUT2D eigenvalue weighted by Crippen LogP contribution is 2.60. The van der Waals surface area contributed by atoms with Crippen molar-refractivity contribution in [2.75, 3.05) is 35.5 Å². The monoisotopic (exact) mass is 507 g/mol. The minimum Gasteiger partial charge on any atom is -0.507 e. The van der Waals surface area contributed by atoms with E-state index in [0.717, 1.165) is 31.2 Å². The zero-order chi connectivity index (χ0) is 26.3. The molecule has 196 valence electrons. The van der Waals surface area contributed by atoms with Gasteiger partial charge in [0.15, 0.2) is 28.7 Å². The summed E-state index contributed by atoms with van der Waals surface area (Å²) in [5, 5.41) is 11.4. The lowest BCUT2D eigenvalue weighted by molar-refractivity contribution is -0.183. The summed E-state index contributed by atoms with van der Waals surface area (Å²) in [6.07, 6.45) is 6.90. The molecule has 1 saturated carbocycles. The van der Waals surface area contributed by atoms with Crippen LogP contribution in [0.2, 0.25) is 0 Å². The van der Waals surface area contributed by atoms with Crippen LogP contribution in [-0.4, -0.2) is 57.1 Å². The van der Waals surface area contributed by atoms with E-state index in [9.17, 15) is 9.90 Å². The maximum Gasteiger partial charge on any atom is 0.256 e. The molecule has 0 aromatic heterocycles. The van der Waals surface area contributed by atoms with Gasteiger partial charge in [-0.05, 0) is 43.2 Å². The van der Waals surface area contributed by atoms with Crippen molar-refractivity contribution < 1.29 is 33.6 Å². The number of methoxy groups -OCH3 is 4. The van der Waals surface area contributed by atoms with Crippen molar-refractivity contribution >= 4 is 12.0 Å². The molecule has 2 aliphatic heterocycles. The lowest BCUT2D eigenvalue weighted by atomic mass is 9.63. The van der Waals surface area contributed by atoms with Crippen LogP contribution in [0.1, 0.15) is 42.7 Å². The van der Waals surface area contributed by atoms with Crippen LogP contribution in [0.25, 0.3) is 6.08 Å². The van der Waals surface area contributed by atoms with E-state index in [0.29, 0.717) is 39.9 Å². The first-order valence-corrected chi connectivity index (χ1v) is 12.5. The van der Waals surface area contributed by atoms with Gasteiger partial charge in [-0.1, -0.05) is 18.6 Å². The Hall–Kier alpha value is -3.81. The normalized spacial score (nSPS) is 25.6. The molecule has 1 amide bonds. The van der Waals surface area contributed by atoms with E-state index in [1.54, 1.807) is 51.5 Å². The number of allylic oxidation sites excluding steroid dienone is 1. The van der Waals surface area contributed by atoms with E-state index in [1.807, 2.05) is 24.3 Å². The predicted molar refractivity (Wildman–Crippen MR) is 139 cm³/mol. The number of ether oxygens (including phenoxy) is 5. The fourth-order valence-electron chi connectivity index (χ4n) is 6.26. The fourth-order valence-corrected chi connectivity index (χ4v) is 6.26. The van der Waals surface area contributed by atoms with Crippen LogP contribution < -0.4 is 23.7 Å². The number of rotatable bonds is 6. The maximum atomic E-state index is 13.8. The van der Waals surface area contributed by atoms with Gasteiger partial charge in [-0.2, -0.15) is 0 Å². The SMILES string of the molecule is COc1cccc2c1OC13CCCCC1C2C(=C(O)C=Cc1ccc(OC)c(OC)c1OC)C(=O)N3C. The van der Waals surface area contributed by atoms with Crippen LogP contribution in [0.15, 0.2) is 47.7 Å². The molecule has 3 aliphatic rings. The van der Waals surface area contributed by atoms with E-state index < -0.39 is 5.72 Å². The summed E-state index contributed by atoms with van der Waals surface area (Å²) >= 11 is 0. The Morgan fingerprint density at radius 1 is 1.03 bits per heavy atom. The summed E-state index contributed by atoms with van der Waals surface area (Å²) in [5.41, 5.74) is 1.13. The molecule has 3 atom stereocenters. The molecule has 8 heteroatoms. The van der Waals surface area contributed by atoms with Crippen LogP contribution in [0.5, 0.6) is 28.7 Å². The van der Waals surface area contributed by atoms with Gasteiger partial charge in [0, 0.05) is 36.4 Å². The second-order valence-corrected chi connectivity index (χ2v) is 9.58. The molecule has 0 radical (unpaired) electrons. The Bertz CT molecular complexity index is 1280. The second kappa shape index (κ2) is 9.57. The molecule has 2 bridgehead atoms. The third-order valence-electron chi connectivity index (χ3n) is 7.97. The average molecular weight is 508 g/mol. The molecule has 5 rings (SSSR count). The van der Waals surface area contributed by atoms with Gasteiger partial charge in [-0.3, -0.25) is 4.79 Å². The quantitative estimate of drug-likeness (QED) is 0.431. The summed E-state index contributed by atoms with van der Waals surface area (Å²) in [5.74, 6) is 2.09. The average Bonchev–Trinajstić information content (AvgIpc) is 2.93. The number of carbonyl (C=O) groups excluding carboxylic acids is 1. The number of fused-ring (bicyclic) bond motifs is 2. The summed E-state index contributed by atoms with van der Waals surface area (Å²) in [7, 11) is 8.02. The third-order valence-corrected chi connectivity index (χ3v) is 7.97. The minimum atomic E-state index is -0.762. The Labute approximate surface area is 217 Å². The number of piperidine rings is 1. The predicted octanol–water partition coefficient (Wildman–Crippen LogP) is 5.08. The van der Waals surface area contributed by atoms with Gasteiger partial charge in [0.2, 0.25) is 5.75 Å². The number of hydrogen-bond donors (Lipinski definition) is 1. The van der Waals surface area contributed by atoms with Gasteiger partial charge in [0.25, 0.3) is 5.91 Å². The summed E-state index contributed by atoms with van der Waals surface area (Å²) in [6.45, 7) is 0. The highest BCUT2D eigenvalue weighted by molar-refractivity contribution is 5.98. The highest BCUT2D eigenvalue weighted by atomic mass is 16.5. The number of hydrogen-bond acceptors (Lipinski definition) is 7. The van der Waals surface area contributed by atoms with Gasteiger partial charge < -0.3 is 33.7 Å². The minimum absolute atomic E-state index is 0.0183. The largest absolute Gasteiger partial charge is 0.507 e. The van der Waals surface area contributed by atoms with E-state index in [4.69, 9.17) is 23.7 Å². The summed E-state index contributed by atoms with van der Waals surface area (Å²) in [4.78, 5) is 15.5. The number of para-hydroxylation sites is 1. The number of carbonyl (C=O) groups is 1.